The Bertz CT molecular complexity index is 436. The molecule has 16 heavy (non-hydrogen) atoms. The van der Waals surface area contributed by atoms with Crippen molar-refractivity contribution in [3.05, 3.63) is 29.3 Å². The van der Waals surface area contributed by atoms with Crippen molar-refractivity contribution in [2.45, 2.75) is 31.6 Å². The molecule has 0 amide bonds. The molecule has 2 nitrogen and oxygen atoms in total. The van der Waals surface area contributed by atoms with E-state index in [0.29, 0.717) is 11.7 Å². The number of hydrogen-bond acceptors (Lipinski definition) is 2. The Kier molecular flexibility index (Phi) is 2.23. The molecule has 0 radical (unpaired) electrons. The highest BCUT2D eigenvalue weighted by Gasteiger charge is 2.40. The molecule has 1 aromatic rings. The van der Waals surface area contributed by atoms with E-state index in [1.807, 2.05) is 12.1 Å². The fourth-order valence-electron chi connectivity index (χ4n) is 3.22. The van der Waals surface area contributed by atoms with Crippen molar-refractivity contribution < 1.29 is 9.53 Å². The Labute approximate surface area is 95.6 Å². The van der Waals surface area contributed by atoms with E-state index in [1.165, 1.54) is 18.4 Å². The Hall–Kier alpha value is -1.31. The molecular formula is C14H16O2. The lowest BCUT2D eigenvalue weighted by atomic mass is 9.79. The zero-order valence-electron chi connectivity index (χ0n) is 9.53. The van der Waals surface area contributed by atoms with E-state index < -0.39 is 0 Å². The largest absolute Gasteiger partial charge is 0.497 e. The fourth-order valence-corrected chi connectivity index (χ4v) is 3.22. The summed E-state index contributed by atoms with van der Waals surface area (Å²) in [5.74, 6) is 1.96. The van der Waals surface area contributed by atoms with Gasteiger partial charge in [0.25, 0.3) is 0 Å². The lowest BCUT2D eigenvalue weighted by molar-refractivity contribution is 0.0898. The standard InChI is InChI=1S/C14H16O2/c1-16-9-6-7-12-13(8-9)10-4-2-3-5-11(10)14(12)15/h6-8,10-11H,2-5H2,1H3/t10-,11-/m0/s1. The molecule has 0 bridgehead atoms. The lowest BCUT2D eigenvalue weighted by Crippen LogP contribution is -2.17. The van der Waals surface area contributed by atoms with E-state index in [1.54, 1.807) is 7.11 Å². The normalized spacial score (nSPS) is 27.4. The molecule has 0 spiro atoms. The minimum Gasteiger partial charge on any atom is -0.497 e. The van der Waals surface area contributed by atoms with Gasteiger partial charge in [0.1, 0.15) is 5.75 Å². The number of carbonyl (C=O) groups excluding carboxylic acids is 1. The summed E-state index contributed by atoms with van der Waals surface area (Å²) in [6.45, 7) is 0. The maximum Gasteiger partial charge on any atom is 0.166 e. The molecule has 0 heterocycles. The Morgan fingerprint density at radius 1 is 1.19 bits per heavy atom. The van der Waals surface area contributed by atoms with Gasteiger partial charge in [0, 0.05) is 11.5 Å². The van der Waals surface area contributed by atoms with Crippen LogP contribution in [0.15, 0.2) is 18.2 Å². The second-order valence-corrected chi connectivity index (χ2v) is 4.81. The predicted molar refractivity (Wildman–Crippen MR) is 62.0 cm³/mol. The second kappa shape index (κ2) is 3.62. The van der Waals surface area contributed by atoms with E-state index in [9.17, 15) is 4.79 Å². The maximum absolute atomic E-state index is 12.2. The van der Waals surface area contributed by atoms with Gasteiger partial charge in [-0.25, -0.2) is 0 Å². The first-order valence-corrected chi connectivity index (χ1v) is 6.03. The van der Waals surface area contributed by atoms with E-state index in [2.05, 4.69) is 6.07 Å². The summed E-state index contributed by atoms with van der Waals surface area (Å²) < 4.78 is 5.24. The molecule has 0 saturated heterocycles. The highest BCUT2D eigenvalue weighted by molar-refractivity contribution is 6.03. The summed E-state index contributed by atoms with van der Waals surface area (Å²) >= 11 is 0. The van der Waals surface area contributed by atoms with Crippen LogP contribution < -0.4 is 4.74 Å². The van der Waals surface area contributed by atoms with Crippen molar-refractivity contribution in [3.63, 3.8) is 0 Å². The van der Waals surface area contributed by atoms with Crippen molar-refractivity contribution in [3.8, 4) is 5.75 Å². The number of benzene rings is 1. The monoisotopic (exact) mass is 216 g/mol. The summed E-state index contributed by atoms with van der Waals surface area (Å²) in [7, 11) is 1.68. The molecule has 1 aromatic carbocycles. The third-order valence-corrected chi connectivity index (χ3v) is 4.03. The van der Waals surface area contributed by atoms with Gasteiger partial charge in [0.15, 0.2) is 5.78 Å². The van der Waals surface area contributed by atoms with Gasteiger partial charge in [0.05, 0.1) is 7.11 Å². The number of Topliss-reactive ketones (excluding diaryl/α,β-unsaturated/α-hetero) is 1. The van der Waals surface area contributed by atoms with Crippen molar-refractivity contribution >= 4 is 5.78 Å². The third kappa shape index (κ3) is 1.29. The molecule has 2 aliphatic rings. The van der Waals surface area contributed by atoms with Crippen molar-refractivity contribution in [1.82, 2.24) is 0 Å². The molecule has 0 aliphatic heterocycles. The van der Waals surface area contributed by atoms with Crippen molar-refractivity contribution in [2.24, 2.45) is 5.92 Å². The van der Waals surface area contributed by atoms with Gasteiger partial charge in [-0.3, -0.25) is 4.79 Å². The van der Waals surface area contributed by atoms with Gasteiger partial charge >= 0.3 is 0 Å². The summed E-state index contributed by atoms with van der Waals surface area (Å²) in [4.78, 5) is 12.2. The predicted octanol–water partition coefficient (Wildman–Crippen LogP) is 3.17. The first kappa shape index (κ1) is 9.88. The number of rotatable bonds is 1. The van der Waals surface area contributed by atoms with Crippen LogP contribution in [-0.2, 0) is 0 Å². The molecule has 0 unspecified atom stereocenters. The van der Waals surface area contributed by atoms with Crippen LogP contribution in [0, 0.1) is 5.92 Å². The number of ketones is 1. The number of methoxy groups -OCH3 is 1. The summed E-state index contributed by atoms with van der Waals surface area (Å²) in [6, 6.07) is 5.89. The Morgan fingerprint density at radius 2 is 1.94 bits per heavy atom. The lowest BCUT2D eigenvalue weighted by Gasteiger charge is -2.24. The van der Waals surface area contributed by atoms with Crippen LogP contribution in [-0.4, -0.2) is 12.9 Å². The first-order valence-electron chi connectivity index (χ1n) is 6.03. The van der Waals surface area contributed by atoms with E-state index in [-0.39, 0.29) is 5.92 Å². The van der Waals surface area contributed by atoms with Crippen LogP contribution in [0.5, 0.6) is 5.75 Å². The summed E-state index contributed by atoms with van der Waals surface area (Å²) in [6.07, 6.45) is 4.69. The van der Waals surface area contributed by atoms with Crippen LogP contribution in [0.1, 0.15) is 47.5 Å². The van der Waals surface area contributed by atoms with Crippen molar-refractivity contribution in [1.29, 1.82) is 0 Å². The van der Waals surface area contributed by atoms with Crippen LogP contribution in [0.4, 0.5) is 0 Å². The van der Waals surface area contributed by atoms with Crippen LogP contribution in [0.25, 0.3) is 0 Å². The topological polar surface area (TPSA) is 26.3 Å². The van der Waals surface area contributed by atoms with Gasteiger partial charge < -0.3 is 4.74 Å². The fraction of sp³-hybridized carbons (Fsp3) is 0.500. The number of hydrogen-bond donors (Lipinski definition) is 0. The van der Waals surface area contributed by atoms with Crippen molar-refractivity contribution in [2.75, 3.05) is 7.11 Å². The number of fused-ring (bicyclic) bond motifs is 3. The number of carbonyl (C=O) groups is 1. The van der Waals surface area contributed by atoms with Crippen LogP contribution in [0.2, 0.25) is 0 Å². The molecule has 2 aliphatic carbocycles. The molecule has 1 fully saturated rings. The maximum atomic E-state index is 12.2. The summed E-state index contributed by atoms with van der Waals surface area (Å²) in [5, 5.41) is 0. The Balaban J connectivity index is 2.07. The van der Waals surface area contributed by atoms with E-state index in [4.69, 9.17) is 4.74 Å². The first-order chi connectivity index (χ1) is 7.81. The SMILES string of the molecule is COc1ccc2c(c1)[C@H]1CCCC[C@@H]1C2=O. The zero-order valence-corrected chi connectivity index (χ0v) is 9.53. The zero-order chi connectivity index (χ0) is 11.1. The third-order valence-electron chi connectivity index (χ3n) is 4.03. The molecular weight excluding hydrogens is 200 g/mol. The van der Waals surface area contributed by atoms with Gasteiger partial charge in [-0.1, -0.05) is 12.8 Å². The van der Waals surface area contributed by atoms with E-state index in [0.717, 1.165) is 24.2 Å². The van der Waals surface area contributed by atoms with Gasteiger partial charge in [0.2, 0.25) is 0 Å². The molecule has 2 atom stereocenters. The minimum atomic E-state index is 0.260. The highest BCUT2D eigenvalue weighted by Crippen LogP contribution is 2.47. The average Bonchev–Trinajstić information content (AvgIpc) is 2.64. The van der Waals surface area contributed by atoms with Gasteiger partial charge in [-0.15, -0.1) is 0 Å². The quantitative estimate of drug-likeness (QED) is 0.720. The van der Waals surface area contributed by atoms with E-state index >= 15 is 0 Å². The second-order valence-electron chi connectivity index (χ2n) is 4.81. The molecule has 0 N–H and O–H groups in total. The molecule has 3 rings (SSSR count). The van der Waals surface area contributed by atoms with Gasteiger partial charge in [-0.2, -0.15) is 0 Å². The minimum absolute atomic E-state index is 0.260. The van der Waals surface area contributed by atoms with Crippen LogP contribution >= 0.6 is 0 Å². The highest BCUT2D eigenvalue weighted by atomic mass is 16.5. The molecule has 2 heteroatoms. The average molecular weight is 216 g/mol. The molecule has 1 saturated carbocycles. The van der Waals surface area contributed by atoms with Crippen LogP contribution in [0.3, 0.4) is 0 Å². The molecule has 0 aromatic heterocycles. The number of ether oxygens (including phenoxy) is 1. The summed E-state index contributed by atoms with van der Waals surface area (Å²) in [5.41, 5.74) is 2.17. The Morgan fingerprint density at radius 3 is 2.69 bits per heavy atom. The smallest absolute Gasteiger partial charge is 0.166 e. The molecule has 84 valence electrons. The van der Waals surface area contributed by atoms with Gasteiger partial charge in [-0.05, 0) is 42.5 Å².